The number of nitrogen functional groups attached to an aromatic ring is 1. The van der Waals surface area contributed by atoms with E-state index in [0.717, 1.165) is 0 Å². The first-order valence-electron chi connectivity index (χ1n) is 5.22. The second-order valence-corrected chi connectivity index (χ2v) is 3.68. The standard InChI is InChI=1S/C12H16N2O3/c1-14(7-6-11(15)17-2)12(16)9-4-3-5-10(13)8-9/h3-5,8H,6-7,13H2,1-2H3. The molecule has 2 N–H and O–H groups in total. The van der Waals surface area contributed by atoms with Crippen LogP contribution in [0.2, 0.25) is 0 Å². The van der Waals surface area contributed by atoms with Gasteiger partial charge in [-0.15, -0.1) is 0 Å². The van der Waals surface area contributed by atoms with Crippen molar-refractivity contribution in [3.8, 4) is 0 Å². The van der Waals surface area contributed by atoms with Gasteiger partial charge in [0.2, 0.25) is 0 Å². The zero-order valence-corrected chi connectivity index (χ0v) is 9.97. The summed E-state index contributed by atoms with van der Waals surface area (Å²) in [5, 5.41) is 0. The number of benzene rings is 1. The maximum atomic E-state index is 11.9. The summed E-state index contributed by atoms with van der Waals surface area (Å²) in [6.07, 6.45) is 0.182. The number of hydrogen-bond acceptors (Lipinski definition) is 4. The summed E-state index contributed by atoms with van der Waals surface area (Å²) < 4.78 is 4.51. The third kappa shape index (κ3) is 3.79. The Morgan fingerprint density at radius 3 is 2.71 bits per heavy atom. The minimum atomic E-state index is -0.336. The van der Waals surface area contributed by atoms with Gasteiger partial charge in [0.15, 0.2) is 0 Å². The van der Waals surface area contributed by atoms with Crippen LogP contribution in [0, 0.1) is 0 Å². The highest BCUT2D eigenvalue weighted by atomic mass is 16.5. The molecule has 0 radical (unpaired) electrons. The summed E-state index contributed by atoms with van der Waals surface area (Å²) in [5.41, 5.74) is 6.65. The van der Waals surface area contributed by atoms with Crippen molar-refractivity contribution >= 4 is 17.6 Å². The van der Waals surface area contributed by atoms with E-state index < -0.39 is 0 Å². The molecule has 1 rings (SSSR count). The number of ether oxygens (including phenoxy) is 1. The third-order valence-electron chi connectivity index (χ3n) is 2.36. The molecule has 0 unspecified atom stereocenters. The lowest BCUT2D eigenvalue weighted by Crippen LogP contribution is -2.29. The molecule has 5 heteroatoms. The van der Waals surface area contributed by atoms with Crippen LogP contribution in [-0.2, 0) is 9.53 Å². The average Bonchev–Trinajstić information content (AvgIpc) is 2.34. The highest BCUT2D eigenvalue weighted by Crippen LogP contribution is 2.09. The third-order valence-corrected chi connectivity index (χ3v) is 2.36. The van der Waals surface area contributed by atoms with Gasteiger partial charge in [-0.05, 0) is 18.2 Å². The molecule has 0 aliphatic carbocycles. The fourth-order valence-corrected chi connectivity index (χ4v) is 1.35. The smallest absolute Gasteiger partial charge is 0.307 e. The van der Waals surface area contributed by atoms with E-state index in [-0.39, 0.29) is 18.3 Å². The fourth-order valence-electron chi connectivity index (χ4n) is 1.35. The Labute approximate surface area is 100 Å². The van der Waals surface area contributed by atoms with E-state index in [2.05, 4.69) is 4.74 Å². The SMILES string of the molecule is COC(=O)CCN(C)C(=O)c1cccc(N)c1. The minimum Gasteiger partial charge on any atom is -0.469 e. The van der Waals surface area contributed by atoms with Crippen LogP contribution >= 0.6 is 0 Å². The molecule has 5 nitrogen and oxygen atoms in total. The van der Waals surface area contributed by atoms with Crippen molar-refractivity contribution in [2.45, 2.75) is 6.42 Å². The van der Waals surface area contributed by atoms with E-state index in [0.29, 0.717) is 17.8 Å². The number of nitrogens with zero attached hydrogens (tertiary/aromatic N) is 1. The van der Waals surface area contributed by atoms with Crippen molar-refractivity contribution in [1.29, 1.82) is 0 Å². The molecule has 0 bridgehead atoms. The van der Waals surface area contributed by atoms with Gasteiger partial charge in [0.05, 0.1) is 13.5 Å². The number of rotatable bonds is 4. The van der Waals surface area contributed by atoms with Gasteiger partial charge in [-0.25, -0.2) is 0 Å². The zero-order valence-electron chi connectivity index (χ0n) is 9.97. The molecule has 0 spiro atoms. The Morgan fingerprint density at radius 1 is 1.41 bits per heavy atom. The topological polar surface area (TPSA) is 72.6 Å². The molecule has 0 aromatic heterocycles. The first-order valence-corrected chi connectivity index (χ1v) is 5.22. The van der Waals surface area contributed by atoms with E-state index >= 15 is 0 Å². The number of carbonyl (C=O) groups is 2. The maximum absolute atomic E-state index is 11.9. The first-order chi connectivity index (χ1) is 8.04. The molecule has 0 fully saturated rings. The van der Waals surface area contributed by atoms with Gasteiger partial charge >= 0.3 is 5.97 Å². The van der Waals surface area contributed by atoms with Crippen LogP contribution in [0.25, 0.3) is 0 Å². The number of nitrogens with two attached hydrogens (primary N) is 1. The summed E-state index contributed by atoms with van der Waals surface area (Å²) in [5.74, 6) is -0.501. The van der Waals surface area contributed by atoms with Crippen LogP contribution in [0.5, 0.6) is 0 Å². The predicted octanol–water partition coefficient (Wildman–Crippen LogP) is 0.904. The van der Waals surface area contributed by atoms with Gasteiger partial charge in [0.25, 0.3) is 5.91 Å². The van der Waals surface area contributed by atoms with Gasteiger partial charge < -0.3 is 15.4 Å². The lowest BCUT2D eigenvalue weighted by molar-refractivity contribution is -0.140. The van der Waals surface area contributed by atoms with Crippen LogP contribution in [0.3, 0.4) is 0 Å². The normalized spacial score (nSPS) is 9.76. The molecule has 0 heterocycles. The average molecular weight is 236 g/mol. The molecule has 1 amide bonds. The van der Waals surface area contributed by atoms with E-state index in [1.54, 1.807) is 31.3 Å². The summed E-state index contributed by atoms with van der Waals surface area (Å²) in [7, 11) is 2.95. The van der Waals surface area contributed by atoms with Crippen molar-refractivity contribution < 1.29 is 14.3 Å². The van der Waals surface area contributed by atoms with Crippen molar-refractivity contribution in [2.24, 2.45) is 0 Å². The number of amides is 1. The second kappa shape index (κ2) is 5.89. The highest BCUT2D eigenvalue weighted by molar-refractivity contribution is 5.95. The van der Waals surface area contributed by atoms with Crippen LogP contribution in [0.15, 0.2) is 24.3 Å². The maximum Gasteiger partial charge on any atom is 0.307 e. The molecule has 1 aromatic rings. The van der Waals surface area contributed by atoms with Crippen LogP contribution in [0.4, 0.5) is 5.69 Å². The number of anilines is 1. The van der Waals surface area contributed by atoms with Crippen molar-refractivity contribution in [1.82, 2.24) is 4.90 Å². The number of methoxy groups -OCH3 is 1. The van der Waals surface area contributed by atoms with Gasteiger partial charge in [0.1, 0.15) is 0 Å². The zero-order chi connectivity index (χ0) is 12.8. The summed E-state index contributed by atoms with van der Waals surface area (Å²) in [6.45, 7) is 0.320. The van der Waals surface area contributed by atoms with E-state index in [9.17, 15) is 9.59 Å². The number of esters is 1. The van der Waals surface area contributed by atoms with Crippen LogP contribution < -0.4 is 5.73 Å². The Balaban J connectivity index is 2.61. The molecular weight excluding hydrogens is 220 g/mol. The number of hydrogen-bond donors (Lipinski definition) is 1. The number of carbonyl (C=O) groups excluding carboxylic acids is 2. The quantitative estimate of drug-likeness (QED) is 0.622. The molecule has 92 valence electrons. The minimum absolute atomic E-state index is 0.166. The Morgan fingerprint density at radius 2 is 2.12 bits per heavy atom. The fraction of sp³-hybridized carbons (Fsp3) is 0.333. The van der Waals surface area contributed by atoms with Gasteiger partial charge in [-0.3, -0.25) is 9.59 Å². The lowest BCUT2D eigenvalue weighted by atomic mass is 10.2. The lowest BCUT2D eigenvalue weighted by Gasteiger charge is -2.16. The van der Waals surface area contributed by atoms with Crippen LogP contribution in [-0.4, -0.2) is 37.5 Å². The molecule has 0 saturated heterocycles. The van der Waals surface area contributed by atoms with Crippen molar-refractivity contribution in [3.63, 3.8) is 0 Å². The van der Waals surface area contributed by atoms with Crippen molar-refractivity contribution in [2.75, 3.05) is 26.4 Å². The Bertz CT molecular complexity index is 418. The predicted molar refractivity (Wildman–Crippen MR) is 64.4 cm³/mol. The summed E-state index contributed by atoms with van der Waals surface area (Å²) in [4.78, 5) is 24.3. The van der Waals surface area contributed by atoms with Gasteiger partial charge in [0, 0.05) is 24.8 Å². The van der Waals surface area contributed by atoms with Gasteiger partial charge in [-0.1, -0.05) is 6.07 Å². The highest BCUT2D eigenvalue weighted by Gasteiger charge is 2.13. The molecule has 0 aliphatic rings. The summed E-state index contributed by atoms with van der Waals surface area (Å²) >= 11 is 0. The molecule has 1 aromatic carbocycles. The molecular formula is C12H16N2O3. The molecule has 0 saturated carbocycles. The first kappa shape index (κ1) is 13.0. The Hall–Kier alpha value is -2.04. The van der Waals surface area contributed by atoms with E-state index in [1.165, 1.54) is 12.0 Å². The van der Waals surface area contributed by atoms with E-state index in [1.807, 2.05) is 0 Å². The van der Waals surface area contributed by atoms with Gasteiger partial charge in [-0.2, -0.15) is 0 Å². The molecule has 17 heavy (non-hydrogen) atoms. The Kier molecular flexibility index (Phi) is 4.51. The second-order valence-electron chi connectivity index (χ2n) is 3.68. The molecule has 0 aliphatic heterocycles. The monoisotopic (exact) mass is 236 g/mol. The summed E-state index contributed by atoms with van der Waals surface area (Å²) in [6, 6.07) is 6.73. The van der Waals surface area contributed by atoms with E-state index in [4.69, 9.17) is 5.73 Å². The van der Waals surface area contributed by atoms with Crippen molar-refractivity contribution in [3.05, 3.63) is 29.8 Å². The largest absolute Gasteiger partial charge is 0.469 e. The van der Waals surface area contributed by atoms with Crippen LogP contribution in [0.1, 0.15) is 16.8 Å². The molecule has 0 atom stereocenters.